The van der Waals surface area contributed by atoms with Crippen molar-refractivity contribution in [1.82, 2.24) is 9.97 Å². The largest absolute Gasteiger partial charge is 0.433 e. The SMILES string of the molecule is CC[C@H](C)Nc1nc(NCc2ccc(C)cc2)cc(C(F)(F)F)n1. The Labute approximate surface area is 139 Å². The first-order valence-corrected chi connectivity index (χ1v) is 7.80. The van der Waals surface area contributed by atoms with Gasteiger partial charge in [0.05, 0.1) is 0 Å². The van der Waals surface area contributed by atoms with Crippen LogP contribution in [0.3, 0.4) is 0 Å². The van der Waals surface area contributed by atoms with Gasteiger partial charge in [-0.3, -0.25) is 0 Å². The number of hydrogen-bond donors (Lipinski definition) is 2. The summed E-state index contributed by atoms with van der Waals surface area (Å²) in [4.78, 5) is 7.71. The summed E-state index contributed by atoms with van der Waals surface area (Å²) in [5.41, 5.74) is 1.12. The quantitative estimate of drug-likeness (QED) is 0.806. The van der Waals surface area contributed by atoms with E-state index in [2.05, 4.69) is 20.6 Å². The molecule has 0 aliphatic carbocycles. The Kier molecular flexibility index (Phi) is 5.64. The number of aromatic nitrogens is 2. The number of alkyl halides is 3. The number of benzene rings is 1. The van der Waals surface area contributed by atoms with Gasteiger partial charge in [-0.2, -0.15) is 18.2 Å². The molecular formula is C17H21F3N4. The molecule has 130 valence electrons. The van der Waals surface area contributed by atoms with Crippen LogP contribution in [-0.4, -0.2) is 16.0 Å². The monoisotopic (exact) mass is 338 g/mol. The Morgan fingerprint density at radius 2 is 1.79 bits per heavy atom. The van der Waals surface area contributed by atoms with Gasteiger partial charge in [0, 0.05) is 18.7 Å². The Bertz CT molecular complexity index is 669. The highest BCUT2D eigenvalue weighted by Crippen LogP contribution is 2.30. The molecule has 1 heterocycles. The predicted molar refractivity (Wildman–Crippen MR) is 88.9 cm³/mol. The molecule has 24 heavy (non-hydrogen) atoms. The molecule has 0 aliphatic heterocycles. The highest BCUT2D eigenvalue weighted by atomic mass is 19.4. The maximum absolute atomic E-state index is 13.0. The highest BCUT2D eigenvalue weighted by Gasteiger charge is 2.33. The molecule has 0 spiro atoms. The molecule has 0 unspecified atom stereocenters. The van der Waals surface area contributed by atoms with Crippen molar-refractivity contribution < 1.29 is 13.2 Å². The van der Waals surface area contributed by atoms with Crippen molar-refractivity contribution in [2.45, 2.75) is 46.0 Å². The van der Waals surface area contributed by atoms with E-state index in [1.54, 1.807) is 0 Å². The minimum Gasteiger partial charge on any atom is -0.366 e. The summed E-state index contributed by atoms with van der Waals surface area (Å²) in [5, 5.41) is 5.82. The number of aryl methyl sites for hydroxylation is 1. The number of halogens is 3. The van der Waals surface area contributed by atoms with Crippen molar-refractivity contribution in [3.8, 4) is 0 Å². The molecule has 7 heteroatoms. The van der Waals surface area contributed by atoms with E-state index < -0.39 is 11.9 Å². The lowest BCUT2D eigenvalue weighted by Crippen LogP contribution is -2.19. The normalized spacial score (nSPS) is 12.8. The molecule has 0 radical (unpaired) electrons. The third-order valence-corrected chi connectivity index (χ3v) is 3.60. The molecule has 1 atom stereocenters. The lowest BCUT2D eigenvalue weighted by atomic mass is 10.1. The van der Waals surface area contributed by atoms with Gasteiger partial charge >= 0.3 is 6.18 Å². The fourth-order valence-corrected chi connectivity index (χ4v) is 1.97. The van der Waals surface area contributed by atoms with E-state index in [1.165, 1.54) is 0 Å². The number of nitrogens with zero attached hydrogens (tertiary/aromatic N) is 2. The van der Waals surface area contributed by atoms with E-state index in [4.69, 9.17) is 0 Å². The summed E-state index contributed by atoms with van der Waals surface area (Å²) in [6, 6.07) is 8.66. The summed E-state index contributed by atoms with van der Waals surface area (Å²) < 4.78 is 39.1. The van der Waals surface area contributed by atoms with Crippen LogP contribution in [0.1, 0.15) is 37.1 Å². The summed E-state index contributed by atoms with van der Waals surface area (Å²) in [7, 11) is 0. The second kappa shape index (κ2) is 7.51. The van der Waals surface area contributed by atoms with Crippen molar-refractivity contribution in [3.05, 3.63) is 47.2 Å². The molecule has 0 amide bonds. The minimum absolute atomic E-state index is 0.0153. The fraction of sp³-hybridized carbons (Fsp3) is 0.412. The van der Waals surface area contributed by atoms with Crippen LogP contribution in [0, 0.1) is 6.92 Å². The van der Waals surface area contributed by atoms with Crippen LogP contribution in [-0.2, 0) is 12.7 Å². The average molecular weight is 338 g/mol. The zero-order chi connectivity index (χ0) is 17.7. The van der Waals surface area contributed by atoms with Gasteiger partial charge in [-0.15, -0.1) is 0 Å². The van der Waals surface area contributed by atoms with E-state index >= 15 is 0 Å². The highest BCUT2D eigenvalue weighted by molar-refractivity contribution is 5.44. The maximum Gasteiger partial charge on any atom is 0.433 e. The Hall–Kier alpha value is -2.31. The second-order valence-electron chi connectivity index (χ2n) is 5.75. The number of rotatable bonds is 6. The van der Waals surface area contributed by atoms with Crippen LogP contribution in [0.25, 0.3) is 0 Å². The topological polar surface area (TPSA) is 49.8 Å². The Morgan fingerprint density at radius 3 is 2.38 bits per heavy atom. The zero-order valence-electron chi connectivity index (χ0n) is 13.9. The number of anilines is 2. The van der Waals surface area contributed by atoms with E-state index in [0.29, 0.717) is 6.54 Å². The molecule has 1 aromatic heterocycles. The van der Waals surface area contributed by atoms with Gasteiger partial charge in [0.2, 0.25) is 5.95 Å². The van der Waals surface area contributed by atoms with Gasteiger partial charge in [0.1, 0.15) is 5.82 Å². The second-order valence-corrected chi connectivity index (χ2v) is 5.75. The Morgan fingerprint density at radius 1 is 1.12 bits per heavy atom. The molecule has 2 N–H and O–H groups in total. The van der Waals surface area contributed by atoms with Crippen LogP contribution in [0.4, 0.5) is 24.9 Å². The van der Waals surface area contributed by atoms with Gasteiger partial charge in [-0.05, 0) is 25.8 Å². The van der Waals surface area contributed by atoms with Gasteiger partial charge in [-0.1, -0.05) is 36.8 Å². The van der Waals surface area contributed by atoms with Crippen molar-refractivity contribution in [1.29, 1.82) is 0 Å². The number of hydrogen-bond acceptors (Lipinski definition) is 4. The van der Waals surface area contributed by atoms with E-state index in [-0.39, 0.29) is 17.8 Å². The third kappa shape index (κ3) is 5.11. The van der Waals surface area contributed by atoms with Crippen LogP contribution in [0.2, 0.25) is 0 Å². The third-order valence-electron chi connectivity index (χ3n) is 3.60. The molecule has 0 saturated carbocycles. The van der Waals surface area contributed by atoms with Crippen molar-refractivity contribution in [2.75, 3.05) is 10.6 Å². The van der Waals surface area contributed by atoms with Crippen LogP contribution in [0.5, 0.6) is 0 Å². The Balaban J connectivity index is 2.20. The average Bonchev–Trinajstić information content (AvgIpc) is 2.53. The van der Waals surface area contributed by atoms with E-state index in [0.717, 1.165) is 23.6 Å². The lowest BCUT2D eigenvalue weighted by molar-refractivity contribution is -0.141. The molecule has 4 nitrogen and oxygen atoms in total. The van der Waals surface area contributed by atoms with E-state index in [9.17, 15) is 13.2 Å². The van der Waals surface area contributed by atoms with Crippen LogP contribution < -0.4 is 10.6 Å². The fourth-order valence-electron chi connectivity index (χ4n) is 1.97. The van der Waals surface area contributed by atoms with Gasteiger partial charge in [0.15, 0.2) is 5.69 Å². The predicted octanol–water partition coefficient (Wildman–Crippen LogP) is 4.63. The van der Waals surface area contributed by atoms with Gasteiger partial charge in [0.25, 0.3) is 0 Å². The van der Waals surface area contributed by atoms with Crippen molar-refractivity contribution >= 4 is 11.8 Å². The summed E-state index contributed by atoms with van der Waals surface area (Å²) in [6.07, 6.45) is -3.76. The smallest absolute Gasteiger partial charge is 0.366 e. The first kappa shape index (κ1) is 18.0. The lowest BCUT2D eigenvalue weighted by Gasteiger charge is -2.15. The molecule has 2 aromatic rings. The van der Waals surface area contributed by atoms with E-state index in [1.807, 2.05) is 45.0 Å². The standard InChI is InChI=1S/C17H21F3N4/c1-4-12(3)22-16-23-14(17(18,19)20)9-15(24-16)21-10-13-7-5-11(2)6-8-13/h5-9,12H,4,10H2,1-3H3,(H2,21,22,23,24)/t12-/m0/s1. The van der Waals surface area contributed by atoms with Crippen molar-refractivity contribution in [2.24, 2.45) is 0 Å². The molecule has 0 fully saturated rings. The molecule has 0 aliphatic rings. The minimum atomic E-state index is -4.52. The number of nitrogens with one attached hydrogen (secondary N) is 2. The maximum atomic E-state index is 13.0. The van der Waals surface area contributed by atoms with Crippen LogP contribution >= 0.6 is 0 Å². The molecule has 0 bridgehead atoms. The van der Waals surface area contributed by atoms with Gasteiger partial charge < -0.3 is 10.6 Å². The molecule has 0 saturated heterocycles. The molecular weight excluding hydrogens is 317 g/mol. The molecule has 1 aromatic carbocycles. The first-order valence-electron chi connectivity index (χ1n) is 7.80. The van der Waals surface area contributed by atoms with Gasteiger partial charge in [-0.25, -0.2) is 4.98 Å². The zero-order valence-corrected chi connectivity index (χ0v) is 13.9. The summed E-state index contributed by atoms with van der Waals surface area (Å²) in [6.45, 7) is 6.16. The summed E-state index contributed by atoms with van der Waals surface area (Å²) in [5.74, 6) is 0.120. The summed E-state index contributed by atoms with van der Waals surface area (Å²) >= 11 is 0. The molecule has 2 rings (SSSR count). The van der Waals surface area contributed by atoms with Crippen molar-refractivity contribution in [3.63, 3.8) is 0 Å². The first-order chi connectivity index (χ1) is 11.3. The van der Waals surface area contributed by atoms with Crippen LogP contribution in [0.15, 0.2) is 30.3 Å².